The maximum Gasteiger partial charge on any atom is 0.326 e. The first-order valence-electron chi connectivity index (χ1n) is 10.0. The van der Waals surface area contributed by atoms with Crippen molar-refractivity contribution in [2.24, 2.45) is 5.73 Å². The number of fused-ring (bicyclic) bond motifs is 1. The topological polar surface area (TPSA) is 106 Å². The highest BCUT2D eigenvalue weighted by molar-refractivity contribution is 5.99. The number of aromatic amines is 1. The van der Waals surface area contributed by atoms with E-state index in [1.54, 1.807) is 0 Å². The zero-order valence-electron chi connectivity index (χ0n) is 16.5. The normalized spacial score (nSPS) is 17.6. The molecule has 29 heavy (non-hydrogen) atoms. The number of benzene rings is 2. The van der Waals surface area contributed by atoms with E-state index in [4.69, 9.17) is 11.1 Å². The van der Waals surface area contributed by atoms with Crippen LogP contribution in [0.2, 0.25) is 0 Å². The number of hydrogen-bond acceptors (Lipinski definition) is 3. The lowest BCUT2D eigenvalue weighted by atomic mass is 9.87. The maximum absolute atomic E-state index is 11.8. The molecule has 0 spiro atoms. The average Bonchev–Trinajstić information content (AvgIpc) is 3.36. The van der Waals surface area contributed by atoms with Crippen LogP contribution in [-0.4, -0.2) is 34.5 Å². The number of nitrogens with one attached hydrogen (secondary N) is 2. The molecule has 0 bridgehead atoms. The number of nitrogen functional groups attached to an aromatic ring is 1. The quantitative estimate of drug-likeness (QED) is 0.376. The summed E-state index contributed by atoms with van der Waals surface area (Å²) in [6.07, 6.45) is 4.49. The number of nitrogens with two attached hydrogens (primary N) is 1. The van der Waals surface area contributed by atoms with E-state index in [9.17, 15) is 9.90 Å². The third-order valence-electron chi connectivity index (χ3n) is 5.97. The smallest absolute Gasteiger partial charge is 0.326 e. The Labute approximate surface area is 169 Å². The molecule has 1 aromatic heterocycles. The average molecular weight is 390 g/mol. The fourth-order valence-corrected chi connectivity index (χ4v) is 4.57. The number of H-pyrrole nitrogens is 1. The van der Waals surface area contributed by atoms with Gasteiger partial charge in [0.1, 0.15) is 11.9 Å². The minimum Gasteiger partial charge on any atom is -0.480 e. The van der Waals surface area contributed by atoms with Gasteiger partial charge in [-0.1, -0.05) is 37.3 Å². The maximum atomic E-state index is 11.8. The number of carboxylic acid groups (broad SMARTS) is 1. The Morgan fingerprint density at radius 2 is 2.10 bits per heavy atom. The van der Waals surface area contributed by atoms with Gasteiger partial charge in [0, 0.05) is 40.8 Å². The molecule has 6 heteroatoms. The van der Waals surface area contributed by atoms with Gasteiger partial charge in [-0.15, -0.1) is 0 Å². The van der Waals surface area contributed by atoms with E-state index >= 15 is 0 Å². The Morgan fingerprint density at radius 1 is 1.31 bits per heavy atom. The van der Waals surface area contributed by atoms with Crippen molar-refractivity contribution in [1.29, 1.82) is 5.41 Å². The Hall–Kier alpha value is -3.28. The Balaban J connectivity index is 1.79. The number of nitrogens with zero attached hydrogens (tertiary/aromatic N) is 1. The summed E-state index contributed by atoms with van der Waals surface area (Å²) in [5, 5.41) is 18.4. The second kappa shape index (κ2) is 7.62. The number of para-hydroxylation sites is 1. The molecule has 2 heterocycles. The molecule has 1 saturated heterocycles. The fraction of sp³-hybridized carbons (Fsp3) is 0.304. The highest BCUT2D eigenvalue weighted by atomic mass is 16.4. The van der Waals surface area contributed by atoms with Gasteiger partial charge in [-0.3, -0.25) is 5.41 Å². The molecule has 1 aliphatic rings. The van der Waals surface area contributed by atoms with Gasteiger partial charge in [-0.2, -0.15) is 0 Å². The van der Waals surface area contributed by atoms with Gasteiger partial charge >= 0.3 is 5.97 Å². The van der Waals surface area contributed by atoms with Crippen molar-refractivity contribution in [2.75, 3.05) is 11.4 Å². The molecule has 0 amide bonds. The molecule has 2 aromatic carbocycles. The number of amidine groups is 1. The molecule has 6 nitrogen and oxygen atoms in total. The molecule has 5 N–H and O–H groups in total. The van der Waals surface area contributed by atoms with Crippen molar-refractivity contribution in [3.05, 3.63) is 65.4 Å². The second-order valence-corrected chi connectivity index (χ2v) is 7.63. The first kappa shape index (κ1) is 19.1. The van der Waals surface area contributed by atoms with Crippen LogP contribution in [0.15, 0.2) is 48.7 Å². The van der Waals surface area contributed by atoms with Crippen LogP contribution in [0.25, 0.3) is 10.9 Å². The Kier molecular flexibility index (Phi) is 5.01. The lowest BCUT2D eigenvalue weighted by Crippen LogP contribution is -2.36. The Morgan fingerprint density at radius 3 is 2.83 bits per heavy atom. The molecule has 3 aromatic rings. The summed E-state index contributed by atoms with van der Waals surface area (Å²) in [7, 11) is 0. The van der Waals surface area contributed by atoms with Gasteiger partial charge in [-0.05, 0) is 42.5 Å². The van der Waals surface area contributed by atoms with Crippen LogP contribution in [-0.2, 0) is 4.79 Å². The zero-order valence-corrected chi connectivity index (χ0v) is 16.5. The van der Waals surface area contributed by atoms with Crippen molar-refractivity contribution in [3.63, 3.8) is 0 Å². The molecule has 2 unspecified atom stereocenters. The highest BCUT2D eigenvalue weighted by Gasteiger charge is 2.33. The summed E-state index contributed by atoms with van der Waals surface area (Å²) in [6, 6.07) is 13.5. The van der Waals surface area contributed by atoms with Crippen LogP contribution in [0.4, 0.5) is 5.69 Å². The molecule has 1 aliphatic heterocycles. The number of carboxylic acids is 1. The summed E-state index contributed by atoms with van der Waals surface area (Å²) < 4.78 is 0. The number of carbonyl (C=O) groups is 1. The Bertz CT molecular complexity index is 1070. The largest absolute Gasteiger partial charge is 0.480 e. The molecule has 150 valence electrons. The summed E-state index contributed by atoms with van der Waals surface area (Å²) >= 11 is 0. The summed E-state index contributed by atoms with van der Waals surface area (Å²) in [4.78, 5) is 17.1. The molecule has 0 saturated carbocycles. The summed E-state index contributed by atoms with van der Waals surface area (Å²) in [5.74, 6) is -0.568. The van der Waals surface area contributed by atoms with Gasteiger partial charge < -0.3 is 20.7 Å². The number of rotatable bonds is 6. The molecule has 0 radical (unpaired) electrons. The van der Waals surface area contributed by atoms with E-state index in [0.29, 0.717) is 12.0 Å². The van der Waals surface area contributed by atoms with Crippen molar-refractivity contribution in [1.82, 2.24) is 4.98 Å². The predicted octanol–water partition coefficient (Wildman–Crippen LogP) is 4.05. The van der Waals surface area contributed by atoms with Gasteiger partial charge in [0.25, 0.3) is 0 Å². The van der Waals surface area contributed by atoms with E-state index in [2.05, 4.69) is 18.0 Å². The van der Waals surface area contributed by atoms with Gasteiger partial charge in [-0.25, -0.2) is 4.79 Å². The van der Waals surface area contributed by atoms with Crippen LogP contribution < -0.4 is 10.6 Å². The van der Waals surface area contributed by atoms with Crippen LogP contribution >= 0.6 is 0 Å². The second-order valence-electron chi connectivity index (χ2n) is 7.63. The van der Waals surface area contributed by atoms with Gasteiger partial charge in [0.05, 0.1) is 0 Å². The zero-order chi connectivity index (χ0) is 20.5. The molecule has 1 fully saturated rings. The van der Waals surface area contributed by atoms with Crippen molar-refractivity contribution in [2.45, 2.75) is 38.1 Å². The van der Waals surface area contributed by atoms with Crippen molar-refractivity contribution in [3.8, 4) is 0 Å². The lowest BCUT2D eigenvalue weighted by molar-refractivity contribution is -0.138. The number of aromatic nitrogens is 1. The van der Waals surface area contributed by atoms with Crippen LogP contribution in [0.1, 0.15) is 48.8 Å². The summed E-state index contributed by atoms with van der Waals surface area (Å²) in [5.41, 5.74) is 10.6. The van der Waals surface area contributed by atoms with E-state index in [-0.39, 0.29) is 11.8 Å². The first-order chi connectivity index (χ1) is 14.0. The fourth-order valence-electron chi connectivity index (χ4n) is 4.57. The number of aliphatic carboxylic acids is 1. The molecular formula is C23H26N4O2. The van der Waals surface area contributed by atoms with Gasteiger partial charge in [0.2, 0.25) is 0 Å². The first-order valence-corrected chi connectivity index (χ1v) is 10.0. The van der Waals surface area contributed by atoms with Crippen LogP contribution in [0.5, 0.6) is 0 Å². The van der Waals surface area contributed by atoms with Crippen molar-refractivity contribution >= 4 is 28.4 Å². The van der Waals surface area contributed by atoms with Crippen LogP contribution in [0, 0.1) is 5.41 Å². The van der Waals surface area contributed by atoms with E-state index < -0.39 is 12.0 Å². The minimum atomic E-state index is -0.755. The number of anilines is 1. The van der Waals surface area contributed by atoms with Crippen LogP contribution in [0.3, 0.4) is 0 Å². The van der Waals surface area contributed by atoms with E-state index in [1.807, 2.05) is 47.5 Å². The predicted molar refractivity (Wildman–Crippen MR) is 116 cm³/mol. The third kappa shape index (κ3) is 3.35. The standard InChI is InChI=1S/C23H26N4O2/c1-2-15(18-13-26-19-12-14(22(24)25)9-10-16(18)19)17-6-3-4-7-20(17)27-11-5-8-21(27)23(28)29/h3-4,6-7,9-10,12-13,15,21,26H,2,5,8,11H2,1H3,(H3,24,25)(H,28,29). The summed E-state index contributed by atoms with van der Waals surface area (Å²) in [6.45, 7) is 2.92. The minimum absolute atomic E-state index is 0.0502. The van der Waals surface area contributed by atoms with E-state index in [0.717, 1.165) is 41.5 Å². The van der Waals surface area contributed by atoms with Gasteiger partial charge in [0.15, 0.2) is 0 Å². The lowest BCUT2D eigenvalue weighted by Gasteiger charge is -2.29. The molecule has 2 atom stereocenters. The van der Waals surface area contributed by atoms with E-state index in [1.165, 1.54) is 5.56 Å². The molecule has 0 aliphatic carbocycles. The van der Waals surface area contributed by atoms with Crippen molar-refractivity contribution < 1.29 is 9.90 Å². The molecule has 4 rings (SSSR count). The molecular weight excluding hydrogens is 364 g/mol. The highest BCUT2D eigenvalue weighted by Crippen LogP contribution is 2.40. The monoisotopic (exact) mass is 390 g/mol. The SMILES string of the molecule is CCC(c1ccccc1N1CCCC1C(=O)O)c1c[nH]c2cc(C(=N)N)ccc12. The number of hydrogen-bond donors (Lipinski definition) is 4. The third-order valence-corrected chi connectivity index (χ3v) is 5.97.